The zero-order chi connectivity index (χ0) is 14.2. The Morgan fingerprint density at radius 2 is 2.10 bits per heavy atom. The normalized spacial score (nSPS) is 29.5. The second-order valence-electron chi connectivity index (χ2n) is 7.03. The van der Waals surface area contributed by atoms with Crippen molar-refractivity contribution in [2.24, 2.45) is 5.92 Å². The first-order chi connectivity index (χ1) is 10.3. The predicted molar refractivity (Wildman–Crippen MR) is 89.2 cm³/mol. The number of anilines is 2. The summed E-state index contributed by atoms with van der Waals surface area (Å²) < 4.78 is 0. The largest absolute Gasteiger partial charge is 0.383 e. The van der Waals surface area contributed by atoms with Crippen molar-refractivity contribution < 1.29 is 0 Å². The fourth-order valence-corrected chi connectivity index (χ4v) is 4.63. The topological polar surface area (TPSA) is 18.5 Å². The van der Waals surface area contributed by atoms with Crippen molar-refractivity contribution in [3.63, 3.8) is 0 Å². The average molecular weight is 285 g/mol. The summed E-state index contributed by atoms with van der Waals surface area (Å²) in [7, 11) is 2.32. The van der Waals surface area contributed by atoms with Gasteiger partial charge in [-0.25, -0.2) is 0 Å². The van der Waals surface area contributed by atoms with E-state index in [1.807, 2.05) is 0 Å². The summed E-state index contributed by atoms with van der Waals surface area (Å²) in [6.07, 6.45) is 6.61. The molecular weight excluding hydrogens is 258 g/mol. The van der Waals surface area contributed by atoms with E-state index in [0.717, 1.165) is 18.5 Å². The van der Waals surface area contributed by atoms with Gasteiger partial charge in [0.05, 0.1) is 11.4 Å². The molecule has 2 saturated heterocycles. The minimum Gasteiger partial charge on any atom is -0.383 e. The maximum absolute atomic E-state index is 3.66. The summed E-state index contributed by atoms with van der Waals surface area (Å²) in [5.41, 5.74) is 4.40. The summed E-state index contributed by atoms with van der Waals surface area (Å²) in [6, 6.07) is 7.69. The molecule has 2 unspecified atom stereocenters. The first-order valence-electron chi connectivity index (χ1n) is 8.64. The molecule has 0 saturated carbocycles. The number of aryl methyl sites for hydroxylation is 1. The van der Waals surface area contributed by atoms with E-state index in [1.165, 1.54) is 68.7 Å². The quantitative estimate of drug-likeness (QED) is 0.856. The average Bonchev–Trinajstić information content (AvgIpc) is 2.54. The Labute approximate surface area is 128 Å². The molecule has 0 aromatic heterocycles. The van der Waals surface area contributed by atoms with Gasteiger partial charge in [0.2, 0.25) is 0 Å². The number of hydrogen-bond acceptors (Lipinski definition) is 3. The van der Waals surface area contributed by atoms with Gasteiger partial charge in [0.25, 0.3) is 0 Å². The minimum absolute atomic E-state index is 0.822. The highest BCUT2D eigenvalue weighted by molar-refractivity contribution is 5.74. The van der Waals surface area contributed by atoms with E-state index in [0.29, 0.717) is 0 Å². The highest BCUT2D eigenvalue weighted by Gasteiger charge is 2.35. The molecule has 3 heteroatoms. The zero-order valence-electron chi connectivity index (χ0n) is 13.1. The Morgan fingerprint density at radius 3 is 3.05 bits per heavy atom. The summed E-state index contributed by atoms with van der Waals surface area (Å²) in [6.45, 7) is 4.88. The molecule has 3 nitrogen and oxygen atoms in total. The van der Waals surface area contributed by atoms with Crippen LogP contribution in [0.3, 0.4) is 0 Å². The summed E-state index contributed by atoms with van der Waals surface area (Å²) in [5.74, 6) is 0.858. The van der Waals surface area contributed by atoms with E-state index >= 15 is 0 Å². The molecule has 0 amide bonds. The molecule has 114 valence electrons. The Hall–Kier alpha value is -1.22. The number of para-hydroxylation sites is 1. The third kappa shape index (κ3) is 2.42. The van der Waals surface area contributed by atoms with Gasteiger partial charge in [-0.05, 0) is 63.2 Å². The van der Waals surface area contributed by atoms with Gasteiger partial charge < -0.3 is 15.1 Å². The first kappa shape index (κ1) is 13.4. The van der Waals surface area contributed by atoms with Crippen LogP contribution < -0.4 is 10.2 Å². The van der Waals surface area contributed by atoms with Gasteiger partial charge in [-0.3, -0.25) is 0 Å². The fourth-order valence-electron chi connectivity index (χ4n) is 4.63. The number of nitrogens with one attached hydrogen (secondary N) is 1. The van der Waals surface area contributed by atoms with Crippen LogP contribution in [0.1, 0.15) is 31.2 Å². The third-order valence-corrected chi connectivity index (χ3v) is 5.74. The minimum atomic E-state index is 0.822. The van der Waals surface area contributed by atoms with Crippen molar-refractivity contribution in [2.75, 3.05) is 43.4 Å². The molecule has 3 aliphatic rings. The van der Waals surface area contributed by atoms with Crippen LogP contribution >= 0.6 is 0 Å². The predicted octanol–water partition coefficient (Wildman–Crippen LogP) is 2.97. The van der Waals surface area contributed by atoms with Crippen molar-refractivity contribution >= 4 is 11.4 Å². The van der Waals surface area contributed by atoms with Crippen molar-refractivity contribution in [1.82, 2.24) is 4.90 Å². The highest BCUT2D eigenvalue weighted by Crippen LogP contribution is 2.37. The Balaban J connectivity index is 1.58. The molecule has 2 atom stereocenters. The molecule has 0 bridgehead atoms. The molecule has 4 rings (SSSR count). The first-order valence-corrected chi connectivity index (χ1v) is 8.64. The third-order valence-electron chi connectivity index (χ3n) is 5.74. The van der Waals surface area contributed by atoms with Crippen LogP contribution in [0.15, 0.2) is 18.2 Å². The molecular formula is C18H27N3. The van der Waals surface area contributed by atoms with Crippen LogP contribution in [0.2, 0.25) is 0 Å². The summed E-state index contributed by atoms with van der Waals surface area (Å²) in [4.78, 5) is 5.25. The van der Waals surface area contributed by atoms with Crippen LogP contribution in [0.4, 0.5) is 11.4 Å². The molecule has 0 spiro atoms. The molecule has 1 N–H and O–H groups in total. The van der Waals surface area contributed by atoms with Gasteiger partial charge in [0.15, 0.2) is 0 Å². The molecule has 2 fully saturated rings. The lowest BCUT2D eigenvalue weighted by atomic mass is 9.84. The number of hydrogen-bond donors (Lipinski definition) is 1. The lowest BCUT2D eigenvalue weighted by Gasteiger charge is -2.47. The van der Waals surface area contributed by atoms with Crippen LogP contribution in [0, 0.1) is 5.92 Å². The highest BCUT2D eigenvalue weighted by atomic mass is 15.2. The smallest absolute Gasteiger partial charge is 0.0610 e. The molecule has 3 aliphatic heterocycles. The second kappa shape index (κ2) is 5.53. The molecule has 1 aromatic rings. The number of rotatable bonds is 1. The van der Waals surface area contributed by atoms with Gasteiger partial charge >= 0.3 is 0 Å². The number of nitrogens with zero attached hydrogens (tertiary/aromatic N) is 2. The van der Waals surface area contributed by atoms with Crippen molar-refractivity contribution in [2.45, 2.75) is 38.1 Å². The monoisotopic (exact) mass is 285 g/mol. The number of fused-ring (bicyclic) bond motifs is 2. The van der Waals surface area contributed by atoms with Crippen LogP contribution in [0.5, 0.6) is 0 Å². The molecule has 0 radical (unpaired) electrons. The van der Waals surface area contributed by atoms with E-state index in [2.05, 4.69) is 40.4 Å². The Morgan fingerprint density at radius 1 is 1.14 bits per heavy atom. The summed E-state index contributed by atoms with van der Waals surface area (Å²) in [5, 5.41) is 3.66. The lowest BCUT2D eigenvalue weighted by Crippen LogP contribution is -2.52. The van der Waals surface area contributed by atoms with Gasteiger partial charge in [-0.2, -0.15) is 0 Å². The molecule has 1 aromatic carbocycles. The Kier molecular flexibility index (Phi) is 3.54. The van der Waals surface area contributed by atoms with Crippen LogP contribution in [0.25, 0.3) is 0 Å². The van der Waals surface area contributed by atoms with Gasteiger partial charge in [0.1, 0.15) is 0 Å². The fraction of sp³-hybridized carbons (Fsp3) is 0.667. The SMILES string of the molecule is CN1CCCC2CN(c3cccc4c3NCCC4)CCC21. The van der Waals surface area contributed by atoms with Crippen LogP contribution in [-0.4, -0.2) is 44.2 Å². The van der Waals surface area contributed by atoms with E-state index in [-0.39, 0.29) is 0 Å². The van der Waals surface area contributed by atoms with Crippen molar-refractivity contribution in [3.05, 3.63) is 23.8 Å². The molecule has 21 heavy (non-hydrogen) atoms. The zero-order valence-corrected chi connectivity index (χ0v) is 13.1. The molecule has 3 heterocycles. The van der Waals surface area contributed by atoms with Gasteiger partial charge in [0, 0.05) is 25.7 Å². The number of benzene rings is 1. The standard InChI is InChI=1S/C18H27N3/c1-20-11-4-7-15-13-21(12-9-16(15)20)17-8-2-5-14-6-3-10-19-18(14)17/h2,5,8,15-16,19H,3-4,6-7,9-13H2,1H3. The molecule has 0 aliphatic carbocycles. The maximum Gasteiger partial charge on any atom is 0.0610 e. The number of piperidine rings is 2. The lowest BCUT2D eigenvalue weighted by molar-refractivity contribution is 0.102. The Bertz CT molecular complexity index is 513. The van der Waals surface area contributed by atoms with E-state index < -0.39 is 0 Å². The van der Waals surface area contributed by atoms with Crippen molar-refractivity contribution in [1.29, 1.82) is 0 Å². The van der Waals surface area contributed by atoms with Crippen LogP contribution in [-0.2, 0) is 6.42 Å². The summed E-state index contributed by atoms with van der Waals surface area (Å²) >= 11 is 0. The maximum atomic E-state index is 3.66. The van der Waals surface area contributed by atoms with E-state index in [9.17, 15) is 0 Å². The second-order valence-corrected chi connectivity index (χ2v) is 7.03. The number of likely N-dealkylation sites (tertiary alicyclic amines) is 1. The van der Waals surface area contributed by atoms with Crippen molar-refractivity contribution in [3.8, 4) is 0 Å². The van der Waals surface area contributed by atoms with Gasteiger partial charge in [-0.15, -0.1) is 0 Å². The van der Waals surface area contributed by atoms with Gasteiger partial charge in [-0.1, -0.05) is 12.1 Å². The van der Waals surface area contributed by atoms with E-state index in [1.54, 1.807) is 0 Å². The van der Waals surface area contributed by atoms with E-state index in [4.69, 9.17) is 0 Å².